The Hall–Kier alpha value is -2.78. The van der Waals surface area contributed by atoms with Crippen molar-refractivity contribution < 1.29 is 19.2 Å². The minimum atomic E-state index is -0.931. The predicted molar refractivity (Wildman–Crippen MR) is 112 cm³/mol. The zero-order chi connectivity index (χ0) is 21.7. The lowest BCUT2D eigenvalue weighted by atomic mass is 9.96. The molecule has 1 atom stereocenters. The summed E-state index contributed by atoms with van der Waals surface area (Å²) < 4.78 is 0. The van der Waals surface area contributed by atoms with Crippen LogP contribution in [0.5, 0.6) is 0 Å². The second kappa shape index (κ2) is 7.72. The van der Waals surface area contributed by atoms with Crippen molar-refractivity contribution >= 4 is 29.3 Å². The molecule has 0 aromatic heterocycles. The first-order chi connectivity index (χ1) is 14.9. The molecule has 164 valence electrons. The summed E-state index contributed by atoms with van der Waals surface area (Å²) in [5.74, 6) is -1.31. The Morgan fingerprint density at radius 3 is 2.39 bits per heavy atom. The average molecular weight is 425 g/mol. The number of imide groups is 2. The quantitative estimate of drug-likeness (QED) is 0.650. The summed E-state index contributed by atoms with van der Waals surface area (Å²) in [6.45, 7) is 5.02. The Bertz CT molecular complexity index is 949. The van der Waals surface area contributed by atoms with E-state index in [9.17, 15) is 19.2 Å². The van der Waals surface area contributed by atoms with Gasteiger partial charge in [-0.1, -0.05) is 0 Å². The van der Waals surface area contributed by atoms with Crippen LogP contribution in [0.1, 0.15) is 46.4 Å². The lowest BCUT2D eigenvalue weighted by molar-refractivity contribution is -0.136. The fourth-order valence-corrected chi connectivity index (χ4v) is 5.05. The van der Waals surface area contributed by atoms with Gasteiger partial charge in [0.2, 0.25) is 11.8 Å². The molecule has 4 aliphatic rings. The summed E-state index contributed by atoms with van der Waals surface area (Å²) in [6.07, 6.45) is 2.40. The molecule has 1 unspecified atom stereocenters. The average Bonchev–Trinajstić information content (AvgIpc) is 2.96. The topological polar surface area (TPSA) is 116 Å². The number of fused-ring (bicyclic) bond motifs is 1. The summed E-state index contributed by atoms with van der Waals surface area (Å²) in [7, 11) is 0. The number of carbonyl (C=O) groups excluding carboxylic acids is 4. The third-order valence-corrected chi connectivity index (χ3v) is 6.89. The van der Waals surface area contributed by atoms with E-state index in [2.05, 4.69) is 15.1 Å². The number of anilines is 1. The Kier molecular flexibility index (Phi) is 5.02. The van der Waals surface area contributed by atoms with Crippen molar-refractivity contribution in [1.29, 1.82) is 0 Å². The second-order valence-corrected chi connectivity index (χ2v) is 9.09. The lowest BCUT2D eigenvalue weighted by Gasteiger charge is -2.44. The molecule has 1 aromatic rings. The van der Waals surface area contributed by atoms with Gasteiger partial charge in [-0.15, -0.1) is 0 Å². The molecule has 3 saturated heterocycles. The molecule has 31 heavy (non-hydrogen) atoms. The molecule has 3 fully saturated rings. The summed E-state index contributed by atoms with van der Waals surface area (Å²) in [6, 6.07) is 4.71. The maximum Gasteiger partial charge on any atom is 0.262 e. The highest BCUT2D eigenvalue weighted by molar-refractivity contribution is 6.23. The van der Waals surface area contributed by atoms with E-state index in [1.54, 1.807) is 12.1 Å². The molecule has 0 radical (unpaired) electrons. The number of hydrogen-bond acceptors (Lipinski definition) is 7. The molecule has 9 heteroatoms. The molecule has 9 nitrogen and oxygen atoms in total. The summed E-state index contributed by atoms with van der Waals surface area (Å²) in [4.78, 5) is 55.1. The number of hydrogen-bond donors (Lipinski definition) is 2. The van der Waals surface area contributed by atoms with Crippen molar-refractivity contribution in [2.75, 3.05) is 37.6 Å². The maximum absolute atomic E-state index is 13.0. The van der Waals surface area contributed by atoms with Crippen molar-refractivity contribution in [2.45, 2.75) is 37.8 Å². The van der Waals surface area contributed by atoms with Crippen LogP contribution in [0.15, 0.2) is 18.2 Å². The van der Waals surface area contributed by atoms with Crippen molar-refractivity contribution in [1.82, 2.24) is 15.1 Å². The monoisotopic (exact) mass is 425 g/mol. The number of nitrogens with zero attached hydrogens (tertiary/aromatic N) is 3. The second-order valence-electron chi connectivity index (χ2n) is 9.09. The predicted octanol–water partition coefficient (Wildman–Crippen LogP) is -0.0529. The van der Waals surface area contributed by atoms with Gasteiger partial charge in [0.05, 0.1) is 11.1 Å². The molecule has 1 aromatic carbocycles. The van der Waals surface area contributed by atoms with Gasteiger partial charge in [-0.05, 0) is 50.6 Å². The standard InChI is InChI=1S/C22H27N5O4/c23-14-5-7-25(8-6-14)10-13-11-26(12-13)15-1-2-16-17(9-15)22(31)27(21(16)30)18-3-4-19(28)24-20(18)29/h1-2,9,13-14,18H,3-8,10-12,23H2,(H,24,28,29). The number of nitrogens with two attached hydrogens (primary N) is 1. The van der Waals surface area contributed by atoms with Gasteiger partial charge in [0.15, 0.2) is 0 Å². The van der Waals surface area contributed by atoms with Crippen molar-refractivity contribution in [3.63, 3.8) is 0 Å². The van der Waals surface area contributed by atoms with Crippen molar-refractivity contribution in [3.05, 3.63) is 29.3 Å². The minimum Gasteiger partial charge on any atom is -0.371 e. The van der Waals surface area contributed by atoms with Crippen LogP contribution < -0.4 is 16.0 Å². The Morgan fingerprint density at radius 2 is 1.68 bits per heavy atom. The molecule has 4 amide bonds. The van der Waals surface area contributed by atoms with Gasteiger partial charge in [0.25, 0.3) is 11.8 Å². The summed E-state index contributed by atoms with van der Waals surface area (Å²) in [5.41, 5.74) is 7.55. The summed E-state index contributed by atoms with van der Waals surface area (Å²) in [5, 5.41) is 2.22. The number of piperidine rings is 2. The van der Waals surface area contributed by atoms with E-state index >= 15 is 0 Å². The Labute approximate surface area is 180 Å². The van der Waals surface area contributed by atoms with Crippen molar-refractivity contribution in [2.24, 2.45) is 11.7 Å². The Balaban J connectivity index is 1.24. The highest BCUT2D eigenvalue weighted by Crippen LogP contribution is 2.33. The van der Waals surface area contributed by atoms with Crippen LogP contribution >= 0.6 is 0 Å². The molecule has 0 spiro atoms. The molecule has 4 aliphatic heterocycles. The van der Waals surface area contributed by atoms with E-state index in [1.807, 2.05) is 6.07 Å². The zero-order valence-corrected chi connectivity index (χ0v) is 17.4. The van der Waals surface area contributed by atoms with Crippen LogP contribution in [0.25, 0.3) is 0 Å². The van der Waals surface area contributed by atoms with Crippen LogP contribution in [0.2, 0.25) is 0 Å². The van der Waals surface area contributed by atoms with Crippen LogP contribution in [-0.2, 0) is 9.59 Å². The molecule has 0 saturated carbocycles. The van der Waals surface area contributed by atoms with Crippen molar-refractivity contribution in [3.8, 4) is 0 Å². The fraction of sp³-hybridized carbons (Fsp3) is 0.545. The SMILES string of the molecule is NC1CCN(CC2CN(c3ccc4c(c3)C(=O)N(C3CCC(=O)NC3=O)C4=O)C2)CC1. The highest BCUT2D eigenvalue weighted by Gasteiger charge is 2.45. The molecule has 0 bridgehead atoms. The van der Waals surface area contributed by atoms with E-state index in [4.69, 9.17) is 5.73 Å². The molecule has 5 rings (SSSR count). The third-order valence-electron chi connectivity index (χ3n) is 6.89. The Morgan fingerprint density at radius 1 is 0.968 bits per heavy atom. The van der Waals surface area contributed by atoms with Gasteiger partial charge >= 0.3 is 0 Å². The third kappa shape index (κ3) is 3.61. The van der Waals surface area contributed by atoms with E-state index in [0.717, 1.165) is 56.2 Å². The van der Waals surface area contributed by atoms with E-state index in [-0.39, 0.29) is 18.7 Å². The molecule has 4 heterocycles. The first-order valence-corrected chi connectivity index (χ1v) is 11.0. The number of likely N-dealkylation sites (tertiary alicyclic amines) is 1. The van der Waals surface area contributed by atoms with Gasteiger partial charge < -0.3 is 15.5 Å². The maximum atomic E-state index is 13.0. The molecular formula is C22H27N5O4. The fourth-order valence-electron chi connectivity index (χ4n) is 5.05. The van der Waals surface area contributed by atoms with E-state index in [0.29, 0.717) is 23.1 Å². The van der Waals surface area contributed by atoms with Crippen LogP contribution in [0.3, 0.4) is 0 Å². The smallest absolute Gasteiger partial charge is 0.262 e. The van der Waals surface area contributed by atoms with Crippen LogP contribution in [0.4, 0.5) is 5.69 Å². The first kappa shape index (κ1) is 20.1. The molecular weight excluding hydrogens is 398 g/mol. The first-order valence-electron chi connectivity index (χ1n) is 11.0. The molecule has 3 N–H and O–H groups in total. The molecule has 0 aliphatic carbocycles. The zero-order valence-electron chi connectivity index (χ0n) is 17.4. The largest absolute Gasteiger partial charge is 0.371 e. The van der Waals surface area contributed by atoms with Gasteiger partial charge in [0, 0.05) is 43.7 Å². The number of amides is 4. The lowest BCUT2D eigenvalue weighted by Crippen LogP contribution is -2.54. The number of nitrogens with one attached hydrogen (secondary N) is 1. The number of rotatable bonds is 4. The van der Waals surface area contributed by atoms with Gasteiger partial charge in [-0.3, -0.25) is 29.4 Å². The normalized spacial score (nSPS) is 25.6. The van der Waals surface area contributed by atoms with Crippen LogP contribution in [0, 0.1) is 5.92 Å². The van der Waals surface area contributed by atoms with Gasteiger partial charge in [-0.25, -0.2) is 0 Å². The van der Waals surface area contributed by atoms with Gasteiger partial charge in [-0.2, -0.15) is 0 Å². The van der Waals surface area contributed by atoms with Crippen LogP contribution in [-0.4, -0.2) is 78.2 Å². The minimum absolute atomic E-state index is 0.118. The van der Waals surface area contributed by atoms with Gasteiger partial charge in [0.1, 0.15) is 6.04 Å². The number of benzene rings is 1. The number of carbonyl (C=O) groups is 4. The van der Waals surface area contributed by atoms with E-state index in [1.165, 1.54) is 0 Å². The van der Waals surface area contributed by atoms with E-state index < -0.39 is 23.8 Å². The highest BCUT2D eigenvalue weighted by atomic mass is 16.2. The summed E-state index contributed by atoms with van der Waals surface area (Å²) >= 11 is 0.